The molecule has 0 saturated carbocycles. The van der Waals surface area contributed by atoms with Gasteiger partial charge in [-0.1, -0.05) is 35.5 Å². The van der Waals surface area contributed by atoms with Crippen molar-refractivity contribution in [3.63, 3.8) is 0 Å². The zero-order valence-corrected chi connectivity index (χ0v) is 19.5. The van der Waals surface area contributed by atoms with Crippen molar-refractivity contribution in [1.82, 2.24) is 14.9 Å². The second-order valence-electron chi connectivity index (χ2n) is 10.5. The standard InChI is InChI=1S/C24H32N4O5/c1-23(2,3)32-22(30)26-12-11-24(16-26)13-19(25-33-24)20-10-9-18-14-27(20)21(29)28(18)31-15-17-7-5-4-6-8-17/h4-8,18,20H,9-16H2,1-3H3/t18-,20+,24+/m1/s1. The van der Waals surface area contributed by atoms with Gasteiger partial charge >= 0.3 is 12.1 Å². The van der Waals surface area contributed by atoms with Gasteiger partial charge in [-0.15, -0.1) is 0 Å². The van der Waals surface area contributed by atoms with Crippen LogP contribution >= 0.6 is 0 Å². The van der Waals surface area contributed by atoms with Crippen molar-refractivity contribution in [2.75, 3.05) is 19.6 Å². The number of hydroxylamine groups is 2. The number of hydrogen-bond donors (Lipinski definition) is 0. The molecule has 1 aromatic rings. The van der Waals surface area contributed by atoms with E-state index in [1.807, 2.05) is 56.0 Å². The highest BCUT2D eigenvalue weighted by molar-refractivity contribution is 5.95. The Hall–Kier alpha value is -2.81. The molecule has 1 aromatic carbocycles. The predicted molar refractivity (Wildman–Crippen MR) is 120 cm³/mol. The number of nitrogens with zero attached hydrogens (tertiary/aromatic N) is 4. The van der Waals surface area contributed by atoms with Gasteiger partial charge in [0, 0.05) is 25.9 Å². The number of carbonyl (C=O) groups excluding carboxylic acids is 2. The highest BCUT2D eigenvalue weighted by Crippen LogP contribution is 2.39. The van der Waals surface area contributed by atoms with Crippen molar-refractivity contribution in [3.8, 4) is 0 Å². The van der Waals surface area contributed by atoms with E-state index in [1.54, 1.807) is 9.96 Å². The molecule has 3 saturated heterocycles. The number of hydrogen-bond acceptors (Lipinski definition) is 6. The third-order valence-electron chi connectivity index (χ3n) is 6.75. The lowest BCUT2D eigenvalue weighted by molar-refractivity contribution is -0.140. The van der Waals surface area contributed by atoms with Gasteiger partial charge < -0.3 is 19.4 Å². The van der Waals surface area contributed by atoms with Crippen LogP contribution in [0.5, 0.6) is 0 Å². The molecule has 1 spiro atoms. The first-order valence-electron chi connectivity index (χ1n) is 11.7. The molecule has 33 heavy (non-hydrogen) atoms. The van der Waals surface area contributed by atoms with Crippen molar-refractivity contribution in [3.05, 3.63) is 35.9 Å². The number of carbonyl (C=O) groups is 2. The van der Waals surface area contributed by atoms with Crippen LogP contribution in [0, 0.1) is 0 Å². The molecule has 3 amide bonds. The molecule has 0 N–H and O–H groups in total. The molecule has 0 unspecified atom stereocenters. The van der Waals surface area contributed by atoms with Crippen LogP contribution in [0.3, 0.4) is 0 Å². The van der Waals surface area contributed by atoms with E-state index in [-0.39, 0.29) is 24.2 Å². The number of amides is 3. The summed E-state index contributed by atoms with van der Waals surface area (Å²) in [7, 11) is 0. The first kappa shape index (κ1) is 22.0. The van der Waals surface area contributed by atoms with Crippen molar-refractivity contribution >= 4 is 17.8 Å². The highest BCUT2D eigenvalue weighted by atomic mass is 16.7. The molecule has 178 valence electrons. The molecule has 4 heterocycles. The topological polar surface area (TPSA) is 83.9 Å². The van der Waals surface area contributed by atoms with Gasteiger partial charge in [0.15, 0.2) is 5.60 Å². The summed E-state index contributed by atoms with van der Waals surface area (Å²) < 4.78 is 5.51. The number of fused-ring (bicyclic) bond motifs is 2. The first-order chi connectivity index (χ1) is 15.7. The summed E-state index contributed by atoms with van der Waals surface area (Å²) in [4.78, 5) is 41.0. The van der Waals surface area contributed by atoms with Gasteiger partial charge in [0.1, 0.15) is 12.2 Å². The molecule has 0 aliphatic carbocycles. The monoisotopic (exact) mass is 456 g/mol. The average molecular weight is 457 g/mol. The lowest BCUT2D eigenvalue weighted by Gasteiger charge is -2.30. The Kier molecular flexibility index (Phi) is 5.47. The van der Waals surface area contributed by atoms with Crippen LogP contribution in [-0.2, 0) is 21.0 Å². The molecule has 9 nitrogen and oxygen atoms in total. The minimum absolute atomic E-state index is 0.0588. The second kappa shape index (κ2) is 8.20. The molecule has 5 rings (SSSR count). The maximum atomic E-state index is 13.1. The normalized spacial score (nSPS) is 29.0. The Labute approximate surface area is 194 Å². The molecule has 0 radical (unpaired) electrons. The molecule has 2 bridgehead atoms. The Balaban J connectivity index is 1.19. The van der Waals surface area contributed by atoms with Crippen LogP contribution in [0.2, 0.25) is 0 Å². The molecule has 4 aliphatic rings. The van der Waals surface area contributed by atoms with Gasteiger partial charge in [-0.2, -0.15) is 5.06 Å². The van der Waals surface area contributed by atoms with E-state index in [0.29, 0.717) is 39.1 Å². The van der Waals surface area contributed by atoms with Gasteiger partial charge in [0.25, 0.3) is 0 Å². The molecular formula is C24H32N4O5. The van der Waals surface area contributed by atoms with Gasteiger partial charge in [-0.05, 0) is 39.2 Å². The maximum Gasteiger partial charge on any atom is 0.410 e. The van der Waals surface area contributed by atoms with E-state index >= 15 is 0 Å². The Morgan fingerprint density at radius 1 is 1.24 bits per heavy atom. The average Bonchev–Trinajstić information content (AvgIpc) is 3.45. The lowest BCUT2D eigenvalue weighted by Crippen LogP contribution is -2.46. The number of oxime groups is 1. The maximum absolute atomic E-state index is 13.1. The molecule has 9 heteroatoms. The largest absolute Gasteiger partial charge is 0.444 e. The third-order valence-corrected chi connectivity index (χ3v) is 6.75. The fourth-order valence-electron chi connectivity index (χ4n) is 5.14. The minimum Gasteiger partial charge on any atom is -0.444 e. The third kappa shape index (κ3) is 4.38. The number of rotatable bonds is 4. The van der Waals surface area contributed by atoms with Crippen LogP contribution in [0.4, 0.5) is 9.59 Å². The summed E-state index contributed by atoms with van der Waals surface area (Å²) in [6.07, 6.45) is 2.69. The summed E-state index contributed by atoms with van der Waals surface area (Å²) >= 11 is 0. The molecular weight excluding hydrogens is 424 g/mol. The lowest BCUT2D eigenvalue weighted by atomic mass is 9.89. The fourth-order valence-corrected chi connectivity index (χ4v) is 5.14. The van der Waals surface area contributed by atoms with E-state index in [0.717, 1.165) is 24.1 Å². The van der Waals surface area contributed by atoms with E-state index in [9.17, 15) is 9.59 Å². The fraction of sp³-hybridized carbons (Fsp3) is 0.625. The number of urea groups is 1. The van der Waals surface area contributed by atoms with E-state index in [2.05, 4.69) is 5.16 Å². The van der Waals surface area contributed by atoms with E-state index < -0.39 is 11.2 Å². The van der Waals surface area contributed by atoms with Gasteiger partial charge in [0.05, 0.1) is 24.3 Å². The van der Waals surface area contributed by atoms with Crippen LogP contribution in [0.25, 0.3) is 0 Å². The zero-order chi connectivity index (χ0) is 23.2. The minimum atomic E-state index is -0.533. The van der Waals surface area contributed by atoms with Crippen LogP contribution < -0.4 is 0 Å². The van der Waals surface area contributed by atoms with Gasteiger partial charge in [-0.25, -0.2) is 9.59 Å². The Morgan fingerprint density at radius 2 is 2.03 bits per heavy atom. The zero-order valence-electron chi connectivity index (χ0n) is 19.5. The number of likely N-dealkylation sites (tertiary alicyclic amines) is 1. The molecule has 4 aliphatic heterocycles. The van der Waals surface area contributed by atoms with E-state index in [4.69, 9.17) is 14.4 Å². The van der Waals surface area contributed by atoms with Crippen LogP contribution in [-0.4, -0.2) is 75.6 Å². The summed E-state index contributed by atoms with van der Waals surface area (Å²) in [5.41, 5.74) is 0.867. The number of benzene rings is 1. The van der Waals surface area contributed by atoms with Gasteiger partial charge in [0.2, 0.25) is 0 Å². The van der Waals surface area contributed by atoms with Crippen molar-refractivity contribution in [2.24, 2.45) is 5.16 Å². The molecule has 3 atom stereocenters. The summed E-state index contributed by atoms with van der Waals surface area (Å²) in [5, 5.41) is 5.96. The summed E-state index contributed by atoms with van der Waals surface area (Å²) in [6.45, 7) is 7.61. The number of piperidine rings is 1. The first-order valence-corrected chi connectivity index (χ1v) is 11.7. The SMILES string of the molecule is CC(C)(C)OC(=O)N1CC[C@]2(CC([C@@H]3CC[C@@H]4CN3C(=O)N4OCc3ccccc3)=NO2)C1. The molecule has 3 fully saturated rings. The summed E-state index contributed by atoms with van der Waals surface area (Å²) in [5.74, 6) is 0. The van der Waals surface area contributed by atoms with E-state index in [1.165, 1.54) is 0 Å². The molecule has 0 aromatic heterocycles. The van der Waals surface area contributed by atoms with Crippen LogP contribution in [0.1, 0.15) is 52.0 Å². The predicted octanol–water partition coefficient (Wildman–Crippen LogP) is 3.54. The second-order valence-corrected chi connectivity index (χ2v) is 10.5. The Morgan fingerprint density at radius 3 is 2.79 bits per heavy atom. The quantitative estimate of drug-likeness (QED) is 0.692. The highest BCUT2D eigenvalue weighted by Gasteiger charge is 2.53. The number of ether oxygens (including phenoxy) is 1. The smallest absolute Gasteiger partial charge is 0.410 e. The summed E-state index contributed by atoms with van der Waals surface area (Å²) in [6, 6.07) is 9.72. The Bertz CT molecular complexity index is 946. The van der Waals surface area contributed by atoms with Gasteiger partial charge in [-0.3, -0.25) is 4.84 Å². The van der Waals surface area contributed by atoms with Crippen molar-refractivity contribution in [2.45, 2.75) is 76.3 Å². The van der Waals surface area contributed by atoms with Crippen molar-refractivity contribution < 1.29 is 24.0 Å². The van der Waals surface area contributed by atoms with Crippen molar-refractivity contribution in [1.29, 1.82) is 0 Å². The van der Waals surface area contributed by atoms with Crippen LogP contribution in [0.15, 0.2) is 35.5 Å².